The van der Waals surface area contributed by atoms with Gasteiger partial charge in [-0.25, -0.2) is 0 Å². The summed E-state index contributed by atoms with van der Waals surface area (Å²) in [6, 6.07) is 40.1. The van der Waals surface area contributed by atoms with E-state index >= 15 is 0 Å². The first-order valence-corrected chi connectivity index (χ1v) is 16.2. The lowest BCUT2D eigenvalue weighted by molar-refractivity contribution is 0.564. The molecule has 2 aromatic heterocycles. The van der Waals surface area contributed by atoms with Crippen molar-refractivity contribution in [3.8, 4) is 22.3 Å². The number of hydrogen-bond acceptors (Lipinski definition) is 2. The maximum atomic E-state index is 6.40. The van der Waals surface area contributed by atoms with Crippen molar-refractivity contribution in [2.45, 2.75) is 6.42 Å². The number of furan rings is 1. The standard InChI is InChI=1S/C43H28OS/c1-27-11-3-2-4-17-38-30(22-19-27)37-25-28(21-24-39(37)44-38)42-33-13-5-7-15-35(33)43(36-16-8-6-14-34(36)42)29-20-23-32-31-12-9-10-18-40(31)45-41(32)26-29/h2-16,18-26H,1,17H2/b4-2-,11-3-,22-19?. The Morgan fingerprint density at radius 1 is 0.533 bits per heavy atom. The molecule has 9 rings (SSSR count). The molecule has 0 unspecified atom stereocenters. The van der Waals surface area contributed by atoms with E-state index < -0.39 is 0 Å². The van der Waals surface area contributed by atoms with Gasteiger partial charge in [-0.1, -0.05) is 128 Å². The molecule has 2 heteroatoms. The fraction of sp³-hybridized carbons (Fsp3) is 0.0233. The van der Waals surface area contributed by atoms with Crippen molar-refractivity contribution in [1.82, 2.24) is 0 Å². The Morgan fingerprint density at radius 3 is 1.89 bits per heavy atom. The minimum Gasteiger partial charge on any atom is -0.460 e. The molecule has 8 aromatic rings. The normalized spacial score (nSPS) is 14.9. The van der Waals surface area contributed by atoms with Gasteiger partial charge in [0.2, 0.25) is 0 Å². The first kappa shape index (κ1) is 26.0. The van der Waals surface area contributed by atoms with Gasteiger partial charge >= 0.3 is 0 Å². The van der Waals surface area contributed by atoms with Gasteiger partial charge in [-0.05, 0) is 73.6 Å². The fourth-order valence-corrected chi connectivity index (χ4v) is 8.11. The van der Waals surface area contributed by atoms with Crippen LogP contribution in [-0.4, -0.2) is 0 Å². The second kappa shape index (κ2) is 10.3. The van der Waals surface area contributed by atoms with E-state index in [-0.39, 0.29) is 0 Å². The first-order valence-electron chi connectivity index (χ1n) is 15.3. The lowest BCUT2D eigenvalue weighted by Crippen LogP contribution is -1.91. The van der Waals surface area contributed by atoms with Gasteiger partial charge in [-0.2, -0.15) is 0 Å². The summed E-state index contributed by atoms with van der Waals surface area (Å²) in [5.74, 6) is 0.972. The van der Waals surface area contributed by atoms with Crippen LogP contribution in [0.1, 0.15) is 11.3 Å². The van der Waals surface area contributed by atoms with E-state index in [0.717, 1.165) is 34.3 Å². The van der Waals surface area contributed by atoms with Gasteiger partial charge in [0.15, 0.2) is 0 Å². The van der Waals surface area contributed by atoms with Gasteiger partial charge in [0, 0.05) is 37.5 Å². The highest BCUT2D eigenvalue weighted by atomic mass is 32.1. The summed E-state index contributed by atoms with van der Waals surface area (Å²) in [4.78, 5) is 0. The molecule has 0 radical (unpaired) electrons. The minimum atomic E-state index is 0.741. The first-order chi connectivity index (χ1) is 22.2. The number of allylic oxidation sites excluding steroid dienone is 6. The third-order valence-corrected chi connectivity index (χ3v) is 10.1. The molecule has 0 fully saturated rings. The van der Waals surface area contributed by atoms with Crippen LogP contribution >= 0.6 is 11.3 Å². The zero-order chi connectivity index (χ0) is 29.9. The SMILES string of the molecule is C=C1C=Cc2c(oc3ccc(-c4c5ccccc5c(-c5ccc6c(c5)sc5ccccc56)c5ccccc45)cc23)C/C=C\C=C/1. The number of hydrogen-bond donors (Lipinski definition) is 0. The van der Waals surface area contributed by atoms with E-state index in [1.165, 1.54) is 64.0 Å². The van der Waals surface area contributed by atoms with Gasteiger partial charge in [-0.15, -0.1) is 11.3 Å². The van der Waals surface area contributed by atoms with Gasteiger partial charge < -0.3 is 4.42 Å². The molecular weight excluding hydrogens is 565 g/mol. The van der Waals surface area contributed by atoms with E-state index in [1.54, 1.807) is 0 Å². The molecule has 0 aliphatic heterocycles. The van der Waals surface area contributed by atoms with Crippen molar-refractivity contribution >= 4 is 70.1 Å². The largest absolute Gasteiger partial charge is 0.460 e. The van der Waals surface area contributed by atoms with Crippen molar-refractivity contribution in [3.63, 3.8) is 0 Å². The summed E-state index contributed by atoms with van der Waals surface area (Å²) < 4.78 is 9.05. The van der Waals surface area contributed by atoms with Crippen LogP contribution < -0.4 is 0 Å². The molecule has 1 aliphatic carbocycles. The van der Waals surface area contributed by atoms with Crippen molar-refractivity contribution in [2.75, 3.05) is 0 Å². The number of benzene rings is 6. The zero-order valence-electron chi connectivity index (χ0n) is 24.6. The van der Waals surface area contributed by atoms with Crippen LogP contribution in [0, 0.1) is 0 Å². The summed E-state index contributed by atoms with van der Waals surface area (Å²) >= 11 is 1.87. The Kier molecular flexibility index (Phi) is 5.97. The molecule has 2 heterocycles. The Bertz CT molecular complexity index is 2530. The predicted octanol–water partition coefficient (Wildman–Crippen LogP) is 12.7. The average molecular weight is 593 g/mol. The summed E-state index contributed by atoms with van der Waals surface area (Å²) in [5.41, 5.74) is 7.95. The van der Waals surface area contributed by atoms with Crippen molar-refractivity contribution in [3.05, 3.63) is 163 Å². The second-order valence-corrected chi connectivity index (χ2v) is 12.8. The third kappa shape index (κ3) is 4.22. The Hall–Kier alpha value is -5.44. The minimum absolute atomic E-state index is 0.741. The molecule has 0 bridgehead atoms. The highest BCUT2D eigenvalue weighted by Crippen LogP contribution is 2.46. The molecule has 0 spiro atoms. The number of rotatable bonds is 2. The van der Waals surface area contributed by atoms with E-state index in [4.69, 9.17) is 4.42 Å². The monoisotopic (exact) mass is 592 g/mol. The lowest BCUT2D eigenvalue weighted by atomic mass is 9.85. The van der Waals surface area contributed by atoms with E-state index in [9.17, 15) is 0 Å². The molecule has 0 saturated heterocycles. The van der Waals surface area contributed by atoms with Gasteiger partial charge in [0.1, 0.15) is 11.3 Å². The van der Waals surface area contributed by atoms with Crippen molar-refractivity contribution in [1.29, 1.82) is 0 Å². The summed E-state index contributed by atoms with van der Waals surface area (Å²) in [6.45, 7) is 4.18. The molecule has 212 valence electrons. The van der Waals surface area contributed by atoms with Gasteiger partial charge in [0.25, 0.3) is 0 Å². The molecule has 45 heavy (non-hydrogen) atoms. The quantitative estimate of drug-likeness (QED) is 0.182. The van der Waals surface area contributed by atoms with Crippen LogP contribution in [0.5, 0.6) is 0 Å². The molecule has 6 aromatic carbocycles. The number of fused-ring (bicyclic) bond motifs is 8. The summed E-state index contributed by atoms with van der Waals surface area (Å²) in [7, 11) is 0. The highest BCUT2D eigenvalue weighted by molar-refractivity contribution is 7.25. The Balaban J connectivity index is 1.30. The third-order valence-electron chi connectivity index (χ3n) is 9.02. The van der Waals surface area contributed by atoms with Crippen molar-refractivity contribution < 1.29 is 4.42 Å². The van der Waals surface area contributed by atoms with E-state index in [2.05, 4.69) is 140 Å². The van der Waals surface area contributed by atoms with Crippen LogP contribution in [0.4, 0.5) is 0 Å². The topological polar surface area (TPSA) is 13.1 Å². The van der Waals surface area contributed by atoms with Crippen molar-refractivity contribution in [2.24, 2.45) is 0 Å². The van der Waals surface area contributed by atoms with Crippen LogP contribution in [0.3, 0.4) is 0 Å². The predicted molar refractivity (Wildman–Crippen MR) is 195 cm³/mol. The molecule has 1 aliphatic rings. The highest BCUT2D eigenvalue weighted by Gasteiger charge is 2.19. The average Bonchev–Trinajstić information content (AvgIpc) is 3.62. The molecule has 1 nitrogen and oxygen atoms in total. The maximum absolute atomic E-state index is 6.40. The van der Waals surface area contributed by atoms with Crippen LogP contribution in [0.25, 0.3) is 81.0 Å². The molecule has 0 amide bonds. The zero-order valence-corrected chi connectivity index (χ0v) is 25.4. The Labute approximate surface area is 265 Å². The van der Waals surface area contributed by atoms with Crippen LogP contribution in [0.2, 0.25) is 0 Å². The lowest BCUT2D eigenvalue weighted by Gasteiger charge is -2.18. The van der Waals surface area contributed by atoms with Crippen LogP contribution in [-0.2, 0) is 6.42 Å². The molecule has 0 atom stereocenters. The Morgan fingerprint density at radius 2 is 1.16 bits per heavy atom. The molecular formula is C43H28OS. The van der Waals surface area contributed by atoms with E-state index in [0.29, 0.717) is 0 Å². The number of thiophene rings is 1. The molecule has 0 N–H and O–H groups in total. The fourth-order valence-electron chi connectivity index (χ4n) is 6.97. The van der Waals surface area contributed by atoms with E-state index in [1.807, 2.05) is 23.5 Å². The second-order valence-electron chi connectivity index (χ2n) is 11.7. The molecule has 0 saturated carbocycles. The van der Waals surface area contributed by atoms with Gasteiger partial charge in [-0.3, -0.25) is 0 Å². The smallest absolute Gasteiger partial charge is 0.134 e. The maximum Gasteiger partial charge on any atom is 0.134 e. The van der Waals surface area contributed by atoms with Crippen LogP contribution in [0.15, 0.2) is 156 Å². The summed E-state index contributed by atoms with van der Waals surface area (Å²) in [5, 5.41) is 8.79. The van der Waals surface area contributed by atoms with Gasteiger partial charge in [0.05, 0.1) is 0 Å². The summed E-state index contributed by atoms with van der Waals surface area (Å²) in [6.07, 6.45) is 13.2.